The van der Waals surface area contributed by atoms with Crippen molar-refractivity contribution < 1.29 is 9.53 Å². The Hall–Kier alpha value is -0.550. The van der Waals surface area contributed by atoms with Crippen molar-refractivity contribution in [2.24, 2.45) is 5.92 Å². The fraction of sp³-hybridized carbons (Fsp3) is 0.538. The smallest absolute Gasteiger partial charge is 0.323 e. The van der Waals surface area contributed by atoms with E-state index < -0.39 is 0 Å². The molecule has 1 aromatic heterocycles. The highest BCUT2D eigenvalue weighted by atomic mass is 35.5. The second kappa shape index (κ2) is 8.03. The van der Waals surface area contributed by atoms with Gasteiger partial charge in [0.25, 0.3) is 0 Å². The lowest BCUT2D eigenvalue weighted by molar-refractivity contribution is -0.149. The summed E-state index contributed by atoms with van der Waals surface area (Å²) in [6.07, 6.45) is 3.34. The minimum atomic E-state index is -0.226. The molecule has 4 nitrogen and oxygen atoms in total. The van der Waals surface area contributed by atoms with Crippen molar-refractivity contribution >= 4 is 41.6 Å². The number of esters is 1. The third kappa shape index (κ3) is 4.48. The van der Waals surface area contributed by atoms with Crippen molar-refractivity contribution in [3.8, 4) is 0 Å². The summed E-state index contributed by atoms with van der Waals surface area (Å²) in [6.45, 7) is 0.158. The first kappa shape index (κ1) is 17.5. The maximum atomic E-state index is 12.0. The quantitative estimate of drug-likeness (QED) is 0.661. The van der Waals surface area contributed by atoms with Gasteiger partial charge in [0.15, 0.2) is 0 Å². The summed E-state index contributed by atoms with van der Waals surface area (Å²) in [5, 5.41) is 3.61. The zero-order chi connectivity index (χ0) is 13.8. The van der Waals surface area contributed by atoms with Gasteiger partial charge in [0.05, 0.1) is 0 Å². The zero-order valence-corrected chi connectivity index (χ0v) is 13.4. The molecule has 0 aromatic carbocycles. The first-order chi connectivity index (χ1) is 9.10. The number of halogens is 3. The molecule has 20 heavy (non-hydrogen) atoms. The second-order valence-electron chi connectivity index (χ2n) is 4.69. The van der Waals surface area contributed by atoms with Crippen molar-refractivity contribution in [2.45, 2.75) is 31.9 Å². The maximum Gasteiger partial charge on any atom is 0.323 e. The standard InChI is InChI=1S/C13H16Cl2N2O2.ClH/c1-16-12(9-3-2-4-9)13(18)19-7-8-5-10(14)17-11(15)6-8;/h5-6,9,12,16H,2-4,7H2,1H3;1H/t12-;/m0./s1. The second-order valence-corrected chi connectivity index (χ2v) is 5.46. The summed E-state index contributed by atoms with van der Waals surface area (Å²) in [6, 6.07) is 3.05. The Morgan fingerprint density at radius 3 is 2.50 bits per heavy atom. The van der Waals surface area contributed by atoms with Crippen molar-refractivity contribution in [1.29, 1.82) is 0 Å². The molecule has 0 amide bonds. The largest absolute Gasteiger partial charge is 0.460 e. The number of ether oxygens (including phenoxy) is 1. The predicted octanol–water partition coefficient (Wildman–Crippen LogP) is 3.24. The topological polar surface area (TPSA) is 51.2 Å². The number of nitrogens with one attached hydrogen (secondary N) is 1. The maximum absolute atomic E-state index is 12.0. The van der Waals surface area contributed by atoms with E-state index in [9.17, 15) is 4.79 Å². The fourth-order valence-electron chi connectivity index (χ4n) is 2.16. The van der Waals surface area contributed by atoms with Gasteiger partial charge in [-0.15, -0.1) is 12.4 Å². The minimum absolute atomic E-state index is 0. The third-order valence-corrected chi connectivity index (χ3v) is 3.78. The van der Waals surface area contributed by atoms with Crippen LogP contribution < -0.4 is 5.32 Å². The zero-order valence-electron chi connectivity index (χ0n) is 11.1. The van der Waals surface area contributed by atoms with Gasteiger partial charge < -0.3 is 10.1 Å². The Bertz CT molecular complexity index is 447. The number of hydrogen-bond donors (Lipinski definition) is 1. The van der Waals surface area contributed by atoms with Crippen LogP contribution in [-0.4, -0.2) is 24.0 Å². The predicted molar refractivity (Wildman–Crippen MR) is 81.5 cm³/mol. The summed E-state index contributed by atoms with van der Waals surface area (Å²) in [5.41, 5.74) is 0.738. The Labute approximate surface area is 134 Å². The van der Waals surface area contributed by atoms with Crippen LogP contribution in [0.1, 0.15) is 24.8 Å². The van der Waals surface area contributed by atoms with E-state index in [0.29, 0.717) is 16.2 Å². The highest BCUT2D eigenvalue weighted by molar-refractivity contribution is 6.32. The molecule has 1 aliphatic carbocycles. The van der Waals surface area contributed by atoms with E-state index in [4.69, 9.17) is 27.9 Å². The Morgan fingerprint density at radius 2 is 2.05 bits per heavy atom. The van der Waals surface area contributed by atoms with Gasteiger partial charge in [0.1, 0.15) is 23.0 Å². The minimum Gasteiger partial charge on any atom is -0.460 e. The summed E-state index contributed by atoms with van der Waals surface area (Å²) >= 11 is 11.6. The molecule has 1 N–H and O–H groups in total. The van der Waals surface area contributed by atoms with Crippen LogP contribution in [0.5, 0.6) is 0 Å². The molecule has 2 rings (SSSR count). The highest BCUT2D eigenvalue weighted by Crippen LogP contribution is 2.30. The number of pyridine rings is 1. The van der Waals surface area contributed by atoms with Crippen molar-refractivity contribution in [3.63, 3.8) is 0 Å². The van der Waals surface area contributed by atoms with E-state index in [1.54, 1.807) is 19.2 Å². The third-order valence-electron chi connectivity index (χ3n) is 3.39. The molecule has 1 heterocycles. The van der Waals surface area contributed by atoms with Gasteiger partial charge in [-0.1, -0.05) is 29.6 Å². The molecule has 0 saturated heterocycles. The van der Waals surface area contributed by atoms with Crippen molar-refractivity contribution in [2.75, 3.05) is 7.05 Å². The molecule has 112 valence electrons. The van der Waals surface area contributed by atoms with Crippen molar-refractivity contribution in [3.05, 3.63) is 28.0 Å². The SMILES string of the molecule is CN[C@H](C(=O)OCc1cc(Cl)nc(Cl)c1)C1CCC1.Cl. The van der Waals surface area contributed by atoms with Crippen LogP contribution in [0.3, 0.4) is 0 Å². The molecular formula is C13H17Cl3N2O2. The molecule has 1 atom stereocenters. The van der Waals surface area contributed by atoms with Crippen LogP contribution in [0.15, 0.2) is 12.1 Å². The molecular weight excluding hydrogens is 323 g/mol. The van der Waals surface area contributed by atoms with Gasteiger partial charge in [-0.3, -0.25) is 4.79 Å². The summed E-state index contributed by atoms with van der Waals surface area (Å²) in [7, 11) is 1.78. The first-order valence-corrected chi connectivity index (χ1v) is 7.01. The molecule has 0 spiro atoms. The molecule has 1 aliphatic rings. The summed E-state index contributed by atoms with van der Waals surface area (Å²) in [5.74, 6) is 0.165. The molecule has 0 bridgehead atoms. The number of hydrogen-bond acceptors (Lipinski definition) is 4. The van der Waals surface area contributed by atoms with Crippen LogP contribution in [0.4, 0.5) is 0 Å². The number of carbonyl (C=O) groups is 1. The van der Waals surface area contributed by atoms with E-state index in [1.165, 1.54) is 6.42 Å². The number of aromatic nitrogens is 1. The Balaban J connectivity index is 0.00000200. The van der Waals surface area contributed by atoms with Crippen LogP contribution in [0, 0.1) is 5.92 Å². The fourth-order valence-corrected chi connectivity index (χ4v) is 2.67. The van der Waals surface area contributed by atoms with E-state index in [1.807, 2.05) is 0 Å². The van der Waals surface area contributed by atoms with Crippen LogP contribution in [0.25, 0.3) is 0 Å². The molecule has 0 unspecified atom stereocenters. The summed E-state index contributed by atoms with van der Waals surface area (Å²) in [4.78, 5) is 15.8. The lowest BCUT2D eigenvalue weighted by Crippen LogP contribution is -2.44. The van der Waals surface area contributed by atoms with Gasteiger partial charge in [-0.25, -0.2) is 4.98 Å². The molecule has 0 aliphatic heterocycles. The molecule has 1 fully saturated rings. The molecule has 1 aromatic rings. The monoisotopic (exact) mass is 338 g/mol. The normalized spacial score (nSPS) is 15.9. The Kier molecular flexibility index (Phi) is 7.03. The average molecular weight is 340 g/mol. The lowest BCUT2D eigenvalue weighted by atomic mass is 9.80. The van der Waals surface area contributed by atoms with Gasteiger partial charge in [-0.2, -0.15) is 0 Å². The number of likely N-dealkylation sites (N-methyl/N-ethyl adjacent to an activating group) is 1. The molecule has 1 saturated carbocycles. The lowest BCUT2D eigenvalue weighted by Gasteiger charge is -2.31. The molecule has 7 heteroatoms. The van der Waals surface area contributed by atoms with E-state index in [-0.39, 0.29) is 31.0 Å². The van der Waals surface area contributed by atoms with Crippen LogP contribution >= 0.6 is 35.6 Å². The van der Waals surface area contributed by atoms with Gasteiger partial charge >= 0.3 is 5.97 Å². The van der Waals surface area contributed by atoms with Gasteiger partial charge in [0.2, 0.25) is 0 Å². The molecule has 0 radical (unpaired) electrons. The van der Waals surface area contributed by atoms with Crippen LogP contribution in [-0.2, 0) is 16.1 Å². The first-order valence-electron chi connectivity index (χ1n) is 6.26. The number of carbonyl (C=O) groups excluding carboxylic acids is 1. The highest BCUT2D eigenvalue weighted by Gasteiger charge is 2.32. The Morgan fingerprint density at radius 1 is 1.45 bits per heavy atom. The van der Waals surface area contributed by atoms with Crippen molar-refractivity contribution in [1.82, 2.24) is 10.3 Å². The van der Waals surface area contributed by atoms with E-state index in [0.717, 1.165) is 18.4 Å². The average Bonchev–Trinajstić information content (AvgIpc) is 2.29. The van der Waals surface area contributed by atoms with Crippen LogP contribution in [0.2, 0.25) is 10.3 Å². The van der Waals surface area contributed by atoms with Gasteiger partial charge in [-0.05, 0) is 43.5 Å². The van der Waals surface area contributed by atoms with Gasteiger partial charge in [0, 0.05) is 0 Å². The van der Waals surface area contributed by atoms with E-state index >= 15 is 0 Å². The number of rotatable bonds is 5. The number of nitrogens with zero attached hydrogens (tertiary/aromatic N) is 1. The van der Waals surface area contributed by atoms with E-state index in [2.05, 4.69) is 10.3 Å². The summed E-state index contributed by atoms with van der Waals surface area (Å²) < 4.78 is 5.30.